The van der Waals surface area contributed by atoms with E-state index in [-0.39, 0.29) is 13.6 Å². The van der Waals surface area contributed by atoms with Crippen LogP contribution in [0, 0.1) is 0 Å². The van der Waals surface area contributed by atoms with Gasteiger partial charge in [-0.15, -0.1) is 11.3 Å². The molecule has 0 radical (unpaired) electrons. The van der Waals surface area contributed by atoms with Crippen LogP contribution in [0.5, 0.6) is 0 Å². The average Bonchev–Trinajstić information content (AvgIpc) is 2.77. The summed E-state index contributed by atoms with van der Waals surface area (Å²) in [7, 11) is -2.99. The van der Waals surface area contributed by atoms with E-state index in [9.17, 15) is 22.0 Å². The molecule has 20 heavy (non-hydrogen) atoms. The van der Waals surface area contributed by atoms with Crippen LogP contribution in [0.15, 0.2) is 14.7 Å². The summed E-state index contributed by atoms with van der Waals surface area (Å²) < 4.78 is 54.3. The van der Waals surface area contributed by atoms with Crippen LogP contribution >= 0.6 is 27.3 Å². The van der Waals surface area contributed by atoms with Gasteiger partial charge in [0.05, 0.1) is 10.9 Å². The molecule has 1 heterocycles. The van der Waals surface area contributed by atoms with Crippen molar-refractivity contribution in [3.05, 3.63) is 14.7 Å². The number of carbonyl (C=O) groups is 1. The number of aliphatic hydroxyl groups excluding tert-OH is 1. The van der Waals surface area contributed by atoms with Crippen molar-refractivity contribution in [2.75, 3.05) is 13.7 Å². The maximum atomic E-state index is 12.1. The fourth-order valence-electron chi connectivity index (χ4n) is 1.10. The zero-order chi connectivity index (χ0) is 15.5. The quantitative estimate of drug-likeness (QED) is 0.708. The Morgan fingerprint density at radius 2 is 2.20 bits per heavy atom. The molecule has 0 bridgehead atoms. The molecule has 0 saturated heterocycles. The van der Waals surface area contributed by atoms with E-state index >= 15 is 0 Å². The van der Waals surface area contributed by atoms with Gasteiger partial charge < -0.3 is 9.84 Å². The minimum Gasteiger partial charge on any atom is -0.465 e. The van der Waals surface area contributed by atoms with Crippen molar-refractivity contribution in [3.63, 3.8) is 0 Å². The van der Waals surface area contributed by atoms with Gasteiger partial charge in [-0.3, -0.25) is 0 Å². The molecule has 0 aliphatic rings. The lowest BCUT2D eigenvalue weighted by Crippen LogP contribution is -2.35. The molecule has 0 amide bonds. The number of alkyl halides is 2. The topological polar surface area (TPSA) is 92.7 Å². The van der Waals surface area contributed by atoms with Crippen molar-refractivity contribution in [3.8, 4) is 0 Å². The first-order valence-electron chi connectivity index (χ1n) is 5.02. The van der Waals surface area contributed by atoms with Crippen LogP contribution < -0.4 is 4.72 Å². The second kappa shape index (κ2) is 6.89. The van der Waals surface area contributed by atoms with Crippen LogP contribution in [-0.2, 0) is 14.8 Å². The monoisotopic (exact) mass is 393 g/mol. The molecule has 0 aliphatic heterocycles. The smallest absolute Gasteiger partial charge is 0.348 e. The Hall–Kier alpha value is -0.620. The summed E-state index contributed by atoms with van der Waals surface area (Å²) >= 11 is 3.79. The first-order chi connectivity index (χ1) is 9.19. The SMILES string of the molecule is COC(=O)c1cc(S(=O)(=O)NCC(O)C(F)F)c(Br)s1. The molecule has 0 aromatic carbocycles. The fraction of sp³-hybridized carbons (Fsp3) is 0.444. The maximum Gasteiger partial charge on any atom is 0.348 e. The third-order valence-corrected chi connectivity index (χ3v) is 5.76. The van der Waals surface area contributed by atoms with E-state index < -0.39 is 35.1 Å². The van der Waals surface area contributed by atoms with E-state index in [0.717, 1.165) is 24.5 Å². The first-order valence-corrected chi connectivity index (χ1v) is 8.12. The van der Waals surface area contributed by atoms with Gasteiger partial charge in [0.15, 0.2) is 0 Å². The van der Waals surface area contributed by atoms with Crippen LogP contribution in [0.25, 0.3) is 0 Å². The molecule has 114 valence electrons. The predicted octanol–water partition coefficient (Wildman–Crippen LogP) is 1.20. The summed E-state index contributed by atoms with van der Waals surface area (Å²) in [5, 5.41) is 8.88. The highest BCUT2D eigenvalue weighted by molar-refractivity contribution is 9.11. The largest absolute Gasteiger partial charge is 0.465 e. The molecule has 0 saturated carbocycles. The molecule has 1 aromatic heterocycles. The molecule has 0 fully saturated rings. The molecule has 0 aliphatic carbocycles. The highest BCUT2D eigenvalue weighted by Crippen LogP contribution is 2.32. The standard InChI is InChI=1S/C9H10BrF2NO5S2/c1-18-9(15)5-2-6(7(10)19-5)20(16,17)13-3-4(14)8(11)12/h2,4,8,13-14H,3H2,1H3. The van der Waals surface area contributed by atoms with Gasteiger partial charge in [0, 0.05) is 6.54 Å². The number of sulfonamides is 1. The normalized spacial score (nSPS) is 13.5. The van der Waals surface area contributed by atoms with Crippen LogP contribution in [-0.4, -0.2) is 45.7 Å². The van der Waals surface area contributed by atoms with Crippen molar-refractivity contribution in [2.45, 2.75) is 17.4 Å². The number of carbonyl (C=O) groups excluding carboxylic acids is 1. The van der Waals surface area contributed by atoms with E-state index in [0.29, 0.717) is 0 Å². The second-order valence-electron chi connectivity index (χ2n) is 3.49. The Morgan fingerprint density at radius 3 is 2.70 bits per heavy atom. The van der Waals surface area contributed by atoms with E-state index in [1.54, 1.807) is 0 Å². The van der Waals surface area contributed by atoms with Crippen LogP contribution in [0.4, 0.5) is 8.78 Å². The minimum absolute atomic E-state index is 0.0363. The molecule has 1 unspecified atom stereocenters. The van der Waals surface area contributed by atoms with Gasteiger partial charge in [-0.25, -0.2) is 26.7 Å². The summed E-state index contributed by atoms with van der Waals surface area (Å²) in [6.07, 6.45) is -5.17. The van der Waals surface area contributed by atoms with Gasteiger partial charge in [0.25, 0.3) is 6.43 Å². The van der Waals surface area contributed by atoms with Gasteiger partial charge in [0.2, 0.25) is 10.0 Å². The number of aliphatic hydroxyl groups is 1. The lowest BCUT2D eigenvalue weighted by molar-refractivity contribution is -0.000452. The summed E-state index contributed by atoms with van der Waals surface area (Å²) in [5.74, 6) is -0.718. The molecule has 0 spiro atoms. The fourth-order valence-corrected chi connectivity index (χ4v) is 4.63. The van der Waals surface area contributed by atoms with E-state index in [2.05, 4.69) is 20.7 Å². The third kappa shape index (κ3) is 4.19. The zero-order valence-electron chi connectivity index (χ0n) is 9.97. The highest BCUT2D eigenvalue weighted by Gasteiger charge is 2.26. The number of thiophene rings is 1. The zero-order valence-corrected chi connectivity index (χ0v) is 13.2. The van der Waals surface area contributed by atoms with Gasteiger partial charge in [-0.05, 0) is 22.0 Å². The lowest BCUT2D eigenvalue weighted by atomic mass is 10.4. The second-order valence-corrected chi connectivity index (χ2v) is 7.60. The number of halogens is 3. The van der Waals surface area contributed by atoms with Crippen molar-refractivity contribution in [1.29, 1.82) is 0 Å². The molecule has 11 heteroatoms. The molecule has 2 N–H and O–H groups in total. The summed E-state index contributed by atoms with van der Waals surface area (Å²) in [6.45, 7) is -0.837. The van der Waals surface area contributed by atoms with Crippen molar-refractivity contribution < 1.29 is 31.8 Å². The summed E-state index contributed by atoms with van der Waals surface area (Å²) in [5.41, 5.74) is 0. The number of methoxy groups -OCH3 is 1. The molecular formula is C9H10BrF2NO5S2. The number of hydrogen-bond acceptors (Lipinski definition) is 6. The van der Waals surface area contributed by atoms with Crippen LogP contribution in [0.1, 0.15) is 9.67 Å². The third-order valence-electron chi connectivity index (χ3n) is 2.10. The van der Waals surface area contributed by atoms with Crippen molar-refractivity contribution in [2.24, 2.45) is 0 Å². The Balaban J connectivity index is 2.93. The van der Waals surface area contributed by atoms with E-state index in [1.807, 2.05) is 4.72 Å². The number of esters is 1. The number of hydrogen-bond donors (Lipinski definition) is 2. The van der Waals surface area contributed by atoms with Gasteiger partial charge in [0.1, 0.15) is 15.9 Å². The van der Waals surface area contributed by atoms with Gasteiger partial charge >= 0.3 is 5.97 Å². The minimum atomic E-state index is -4.13. The Morgan fingerprint density at radius 1 is 1.60 bits per heavy atom. The average molecular weight is 394 g/mol. The molecular weight excluding hydrogens is 384 g/mol. The summed E-state index contributed by atoms with van der Waals surface area (Å²) in [4.78, 5) is 11.0. The van der Waals surface area contributed by atoms with E-state index in [1.165, 1.54) is 0 Å². The molecule has 1 rings (SSSR count). The van der Waals surface area contributed by atoms with Crippen LogP contribution in [0.2, 0.25) is 0 Å². The van der Waals surface area contributed by atoms with Gasteiger partial charge in [-0.1, -0.05) is 0 Å². The Kier molecular flexibility index (Phi) is 6.01. The molecule has 1 aromatic rings. The Labute approximate surface area is 125 Å². The van der Waals surface area contributed by atoms with Crippen molar-refractivity contribution >= 4 is 43.3 Å². The number of rotatable bonds is 6. The first kappa shape index (κ1) is 17.4. The molecule has 6 nitrogen and oxygen atoms in total. The summed E-state index contributed by atoms with van der Waals surface area (Å²) in [6, 6.07) is 1.05. The lowest BCUT2D eigenvalue weighted by Gasteiger charge is -2.10. The maximum absolute atomic E-state index is 12.1. The predicted molar refractivity (Wildman–Crippen MR) is 70.6 cm³/mol. The van der Waals surface area contributed by atoms with E-state index in [4.69, 9.17) is 5.11 Å². The highest BCUT2D eigenvalue weighted by atomic mass is 79.9. The Bertz CT molecular complexity index is 589. The van der Waals surface area contributed by atoms with Gasteiger partial charge in [-0.2, -0.15) is 0 Å². The molecule has 1 atom stereocenters. The van der Waals surface area contributed by atoms with Crippen LogP contribution in [0.3, 0.4) is 0 Å². The van der Waals surface area contributed by atoms with Crippen molar-refractivity contribution in [1.82, 2.24) is 4.72 Å². The number of ether oxygens (including phenoxy) is 1. The number of nitrogens with one attached hydrogen (secondary N) is 1.